The van der Waals surface area contributed by atoms with Crippen molar-refractivity contribution in [2.24, 2.45) is 0 Å². The van der Waals surface area contributed by atoms with Gasteiger partial charge in [-0.25, -0.2) is 0 Å². The van der Waals surface area contributed by atoms with E-state index < -0.39 is 5.97 Å². The summed E-state index contributed by atoms with van der Waals surface area (Å²) in [5.74, 6) is -0.410. The van der Waals surface area contributed by atoms with Crippen LogP contribution in [0.25, 0.3) is 0 Å². The number of aliphatic carboxylic acids is 1. The van der Waals surface area contributed by atoms with Gasteiger partial charge in [-0.1, -0.05) is 77.4 Å². The molecule has 0 aromatic rings. The molecule has 0 unspecified atom stereocenters. The zero-order chi connectivity index (χ0) is 19.2. The van der Waals surface area contributed by atoms with Crippen molar-refractivity contribution in [2.45, 2.75) is 117 Å². The first-order chi connectivity index (χ1) is 12.0. The Morgan fingerprint density at radius 3 is 1.52 bits per heavy atom. The van der Waals surface area contributed by atoms with Crippen LogP contribution in [0.5, 0.6) is 0 Å². The normalized spacial score (nSPS) is 10.5. The van der Waals surface area contributed by atoms with Crippen LogP contribution in [0.1, 0.15) is 117 Å². The van der Waals surface area contributed by atoms with Crippen molar-refractivity contribution in [3.63, 3.8) is 0 Å². The van der Waals surface area contributed by atoms with Gasteiger partial charge in [0.1, 0.15) is 5.78 Å². The molecule has 0 saturated heterocycles. The molecule has 0 fully saturated rings. The van der Waals surface area contributed by atoms with Crippen LogP contribution in [0.4, 0.5) is 0 Å². The lowest BCUT2D eigenvalue weighted by atomic mass is 10.1. The van der Waals surface area contributed by atoms with Gasteiger partial charge in [-0.05, 0) is 39.0 Å². The Labute approximate surface area is 156 Å². The highest BCUT2D eigenvalue weighted by atomic mass is 16.4. The number of Topliss-reactive ketones (excluding diaryl/α,β-unsaturated/α-hetero) is 1. The predicted octanol–water partition coefficient (Wildman–Crippen LogP) is 7.09. The van der Waals surface area contributed by atoms with E-state index in [4.69, 9.17) is 5.11 Å². The van der Waals surface area contributed by atoms with Crippen LogP contribution in [0.15, 0.2) is 12.2 Å². The molecule has 25 heavy (non-hydrogen) atoms. The lowest BCUT2D eigenvalue weighted by Gasteiger charge is -1.99. The van der Waals surface area contributed by atoms with Crippen LogP contribution in [0.2, 0.25) is 0 Å². The number of carbonyl (C=O) groups is 2. The predicted molar refractivity (Wildman–Crippen MR) is 108 cm³/mol. The quantitative estimate of drug-likeness (QED) is 0.238. The summed E-state index contributed by atoms with van der Waals surface area (Å²) in [5.41, 5.74) is 0. The van der Waals surface area contributed by atoms with E-state index in [-0.39, 0.29) is 5.78 Å². The number of ketones is 1. The maximum absolute atomic E-state index is 10.3. The number of allylic oxidation sites excluding steroid dienone is 2. The molecule has 0 aromatic heterocycles. The first-order valence-corrected chi connectivity index (χ1v) is 10.4. The fourth-order valence-corrected chi connectivity index (χ4v) is 2.35. The number of unbranched alkanes of at least 4 members (excludes halogenated alkanes) is 11. The zero-order valence-corrected chi connectivity index (χ0v) is 17.0. The van der Waals surface area contributed by atoms with Crippen LogP contribution < -0.4 is 0 Å². The third-order valence-electron chi connectivity index (χ3n) is 4.15. The molecule has 0 heterocycles. The Morgan fingerprint density at radius 2 is 1.12 bits per heavy atom. The third-order valence-corrected chi connectivity index (χ3v) is 4.15. The van der Waals surface area contributed by atoms with Gasteiger partial charge in [0.15, 0.2) is 0 Å². The Kier molecular flexibility index (Phi) is 23.9. The molecule has 0 radical (unpaired) electrons. The molecule has 0 aromatic carbocycles. The van der Waals surface area contributed by atoms with Crippen molar-refractivity contribution in [2.75, 3.05) is 0 Å². The van der Waals surface area contributed by atoms with Gasteiger partial charge in [0.25, 0.3) is 0 Å². The van der Waals surface area contributed by atoms with Crippen LogP contribution >= 0.6 is 0 Å². The van der Waals surface area contributed by atoms with Crippen molar-refractivity contribution in [1.29, 1.82) is 0 Å². The third kappa shape index (κ3) is 31.2. The Balaban J connectivity index is 0. The molecular weight excluding hydrogens is 312 g/mol. The molecule has 0 aliphatic carbocycles. The average Bonchev–Trinajstić information content (AvgIpc) is 2.58. The lowest BCUT2D eigenvalue weighted by Crippen LogP contribution is -1.93. The number of carbonyl (C=O) groups excluding carboxylic acids is 1. The van der Waals surface area contributed by atoms with E-state index in [2.05, 4.69) is 19.1 Å². The SMILES string of the molecule is CCC(C)=O.CCCCCCCCC=CCCCCCCCC(=O)O. The van der Waals surface area contributed by atoms with Gasteiger partial charge in [0.2, 0.25) is 0 Å². The lowest BCUT2D eigenvalue weighted by molar-refractivity contribution is -0.137. The number of carboxylic acids is 1. The minimum Gasteiger partial charge on any atom is -0.481 e. The number of hydrogen-bond acceptors (Lipinski definition) is 2. The van der Waals surface area contributed by atoms with Gasteiger partial charge >= 0.3 is 5.97 Å². The van der Waals surface area contributed by atoms with Crippen molar-refractivity contribution in [1.82, 2.24) is 0 Å². The molecule has 3 heteroatoms. The van der Waals surface area contributed by atoms with Gasteiger partial charge < -0.3 is 9.90 Å². The zero-order valence-electron chi connectivity index (χ0n) is 17.0. The topological polar surface area (TPSA) is 54.4 Å². The monoisotopic (exact) mass is 354 g/mol. The minimum atomic E-state index is -0.664. The van der Waals surface area contributed by atoms with Crippen molar-refractivity contribution < 1.29 is 14.7 Å². The second kappa shape index (κ2) is 22.9. The van der Waals surface area contributed by atoms with E-state index in [1.165, 1.54) is 70.6 Å². The summed E-state index contributed by atoms with van der Waals surface area (Å²) in [4.78, 5) is 20.1. The summed E-state index contributed by atoms with van der Waals surface area (Å²) < 4.78 is 0. The van der Waals surface area contributed by atoms with Gasteiger partial charge in [0.05, 0.1) is 0 Å². The number of hydrogen-bond donors (Lipinski definition) is 1. The van der Waals surface area contributed by atoms with Crippen LogP contribution in [-0.2, 0) is 9.59 Å². The smallest absolute Gasteiger partial charge is 0.303 e. The molecule has 0 spiro atoms. The van der Waals surface area contributed by atoms with E-state index in [1.54, 1.807) is 6.92 Å². The number of rotatable bonds is 16. The van der Waals surface area contributed by atoms with E-state index in [0.29, 0.717) is 12.8 Å². The molecule has 3 nitrogen and oxygen atoms in total. The fourth-order valence-electron chi connectivity index (χ4n) is 2.35. The van der Waals surface area contributed by atoms with Gasteiger partial charge in [0, 0.05) is 12.8 Å². The van der Waals surface area contributed by atoms with E-state index in [9.17, 15) is 9.59 Å². The summed E-state index contributed by atoms with van der Waals surface area (Å²) >= 11 is 0. The first kappa shape index (κ1) is 26.1. The van der Waals surface area contributed by atoms with Crippen molar-refractivity contribution in [3.8, 4) is 0 Å². The average molecular weight is 355 g/mol. The fraction of sp³-hybridized carbons (Fsp3) is 0.818. The Morgan fingerprint density at radius 1 is 0.720 bits per heavy atom. The Bertz CT molecular complexity index is 321. The minimum absolute atomic E-state index is 0.255. The second-order valence-corrected chi connectivity index (χ2v) is 6.78. The molecule has 0 aliphatic rings. The van der Waals surface area contributed by atoms with Crippen LogP contribution in [-0.4, -0.2) is 16.9 Å². The van der Waals surface area contributed by atoms with Gasteiger partial charge in [-0.15, -0.1) is 0 Å². The molecule has 0 aliphatic heterocycles. The number of carboxylic acid groups (broad SMARTS) is 1. The first-order valence-electron chi connectivity index (χ1n) is 10.4. The standard InChI is InChI=1S/C18H34O2.C4H8O/c1-2-3-4-5-6-7-8-9-10-11-12-13-14-15-16-17-18(19)20;1-3-4(2)5/h9-10H,2-8,11-17H2,1H3,(H,19,20);3H2,1-2H3. The second-order valence-electron chi connectivity index (χ2n) is 6.78. The van der Waals surface area contributed by atoms with Crippen LogP contribution in [0, 0.1) is 0 Å². The van der Waals surface area contributed by atoms with Gasteiger partial charge in [-0.3, -0.25) is 4.79 Å². The van der Waals surface area contributed by atoms with Crippen molar-refractivity contribution >= 4 is 11.8 Å². The molecule has 0 rings (SSSR count). The summed E-state index contributed by atoms with van der Waals surface area (Å²) in [7, 11) is 0. The van der Waals surface area contributed by atoms with Gasteiger partial charge in [-0.2, -0.15) is 0 Å². The highest BCUT2D eigenvalue weighted by Gasteiger charge is 1.95. The summed E-state index contributed by atoms with van der Waals surface area (Å²) in [6.45, 7) is 5.69. The molecule has 0 saturated carbocycles. The van der Waals surface area contributed by atoms with Crippen LogP contribution in [0.3, 0.4) is 0 Å². The molecule has 1 N–H and O–H groups in total. The molecule has 0 amide bonds. The molecule has 148 valence electrons. The summed E-state index contributed by atoms with van der Waals surface area (Å²) in [6, 6.07) is 0. The molecule has 0 atom stereocenters. The molecule has 0 bridgehead atoms. The van der Waals surface area contributed by atoms with E-state index >= 15 is 0 Å². The van der Waals surface area contributed by atoms with E-state index in [1.807, 2.05) is 6.92 Å². The van der Waals surface area contributed by atoms with Crippen molar-refractivity contribution in [3.05, 3.63) is 12.2 Å². The largest absolute Gasteiger partial charge is 0.481 e. The summed E-state index contributed by atoms with van der Waals surface area (Å²) in [6.07, 6.45) is 21.9. The maximum atomic E-state index is 10.3. The van der Waals surface area contributed by atoms with E-state index in [0.717, 1.165) is 12.8 Å². The molecular formula is C22H42O3. The summed E-state index contributed by atoms with van der Waals surface area (Å²) in [5, 5.41) is 8.51. The highest BCUT2D eigenvalue weighted by molar-refractivity contribution is 5.74. The highest BCUT2D eigenvalue weighted by Crippen LogP contribution is 2.09. The Hall–Kier alpha value is -1.12. The maximum Gasteiger partial charge on any atom is 0.303 e.